The van der Waals surface area contributed by atoms with Crippen LogP contribution in [0.3, 0.4) is 0 Å². The van der Waals surface area contributed by atoms with Gasteiger partial charge in [-0.3, -0.25) is 10.2 Å². The van der Waals surface area contributed by atoms with Crippen LogP contribution in [-0.4, -0.2) is 49.6 Å². The Balaban J connectivity index is 2.34. The summed E-state index contributed by atoms with van der Waals surface area (Å²) >= 11 is 7.41. The molecule has 2 aliphatic rings. The summed E-state index contributed by atoms with van der Waals surface area (Å²) in [6.45, 7) is 1.60. The summed E-state index contributed by atoms with van der Waals surface area (Å²) in [7, 11) is 0. The van der Waals surface area contributed by atoms with Crippen molar-refractivity contribution < 1.29 is 14.7 Å². The fraction of sp³-hybridized carbons (Fsp3) is 0.625. The Hall–Kier alpha value is -0.750. The number of fused-ring (bicyclic) bond motifs is 1. The van der Waals surface area contributed by atoms with Gasteiger partial charge >= 0.3 is 5.97 Å². The van der Waals surface area contributed by atoms with Crippen molar-refractivity contribution in [2.75, 3.05) is 5.75 Å². The molecule has 2 rings (SSSR count). The number of β-lactam (4-membered cyclic amide) rings is 1. The van der Waals surface area contributed by atoms with Gasteiger partial charge in [-0.15, -0.1) is 23.4 Å². The highest BCUT2D eigenvalue weighted by Gasteiger charge is 2.58. The minimum absolute atomic E-state index is 0.0292. The standard InChI is InChI=1S/C8H9ClN2O3S/c1-8(9)2-15-6-3(10)5(12)11(6)4(8)7(13)14/h4,6,10H,2H2,1H3,(H,13,14)/t4?,6-,8+/m0/s1. The van der Waals surface area contributed by atoms with Gasteiger partial charge in [0.05, 0.1) is 4.87 Å². The van der Waals surface area contributed by atoms with E-state index in [1.165, 1.54) is 16.7 Å². The number of nitrogens with one attached hydrogen (secondary N) is 1. The van der Waals surface area contributed by atoms with E-state index in [1.54, 1.807) is 6.92 Å². The lowest BCUT2D eigenvalue weighted by Gasteiger charge is -2.52. The topological polar surface area (TPSA) is 81.5 Å². The van der Waals surface area contributed by atoms with Crippen molar-refractivity contribution in [2.45, 2.75) is 23.2 Å². The number of nitrogens with zero attached hydrogens (tertiary/aromatic N) is 1. The Labute approximate surface area is 95.3 Å². The fourth-order valence-electron chi connectivity index (χ4n) is 1.83. The lowest BCUT2D eigenvalue weighted by atomic mass is 9.96. The van der Waals surface area contributed by atoms with E-state index >= 15 is 0 Å². The molecule has 0 bridgehead atoms. The van der Waals surface area contributed by atoms with Crippen LogP contribution in [-0.2, 0) is 9.59 Å². The first-order valence-electron chi connectivity index (χ1n) is 4.30. The largest absolute Gasteiger partial charge is 0.480 e. The van der Waals surface area contributed by atoms with E-state index < -0.39 is 28.2 Å². The smallest absolute Gasteiger partial charge is 0.328 e. The molecule has 0 radical (unpaired) electrons. The molecule has 0 aliphatic carbocycles. The molecule has 0 aromatic heterocycles. The number of carboxylic acid groups (broad SMARTS) is 1. The van der Waals surface area contributed by atoms with Crippen LogP contribution in [0.2, 0.25) is 0 Å². The highest BCUT2D eigenvalue weighted by atomic mass is 35.5. The van der Waals surface area contributed by atoms with Crippen molar-refractivity contribution in [3.05, 3.63) is 0 Å². The Morgan fingerprint density at radius 1 is 1.80 bits per heavy atom. The van der Waals surface area contributed by atoms with Gasteiger partial charge in [-0.1, -0.05) is 0 Å². The maximum atomic E-state index is 11.4. The summed E-state index contributed by atoms with van der Waals surface area (Å²) in [4.78, 5) is 22.6. The van der Waals surface area contributed by atoms with E-state index in [0.29, 0.717) is 5.75 Å². The van der Waals surface area contributed by atoms with E-state index in [4.69, 9.17) is 22.1 Å². The molecule has 1 unspecified atom stereocenters. The number of carbonyl (C=O) groups is 2. The third kappa shape index (κ3) is 1.35. The van der Waals surface area contributed by atoms with Crippen molar-refractivity contribution in [2.24, 2.45) is 0 Å². The molecule has 15 heavy (non-hydrogen) atoms. The zero-order valence-corrected chi connectivity index (χ0v) is 9.43. The van der Waals surface area contributed by atoms with E-state index in [1.807, 2.05) is 0 Å². The summed E-state index contributed by atoms with van der Waals surface area (Å²) in [5.41, 5.74) is -0.0292. The first-order chi connectivity index (χ1) is 6.86. The van der Waals surface area contributed by atoms with E-state index in [9.17, 15) is 9.59 Å². The van der Waals surface area contributed by atoms with Crippen LogP contribution in [0, 0.1) is 5.41 Å². The number of aliphatic carboxylic acids is 1. The molecule has 7 heteroatoms. The summed E-state index contributed by atoms with van der Waals surface area (Å²) in [6, 6.07) is -1.04. The fourth-order valence-corrected chi connectivity index (χ4v) is 3.50. The highest BCUT2D eigenvalue weighted by molar-refractivity contribution is 8.01. The molecule has 2 fully saturated rings. The monoisotopic (exact) mass is 248 g/mol. The maximum Gasteiger partial charge on any atom is 0.328 e. The molecular weight excluding hydrogens is 240 g/mol. The predicted molar refractivity (Wildman–Crippen MR) is 56.5 cm³/mol. The van der Waals surface area contributed by atoms with Crippen LogP contribution in [0.1, 0.15) is 6.92 Å². The lowest BCUT2D eigenvalue weighted by Crippen LogP contribution is -2.72. The van der Waals surface area contributed by atoms with Crippen LogP contribution in [0.15, 0.2) is 0 Å². The zero-order valence-electron chi connectivity index (χ0n) is 7.86. The third-order valence-corrected chi connectivity index (χ3v) is 4.61. The number of carbonyl (C=O) groups excluding carboxylic acids is 1. The molecule has 2 aliphatic heterocycles. The Morgan fingerprint density at radius 2 is 2.40 bits per heavy atom. The molecule has 2 N–H and O–H groups in total. The number of halogens is 1. The average molecular weight is 249 g/mol. The highest BCUT2D eigenvalue weighted by Crippen LogP contribution is 2.43. The molecule has 2 saturated heterocycles. The minimum Gasteiger partial charge on any atom is -0.480 e. The first kappa shape index (κ1) is 10.8. The summed E-state index contributed by atoms with van der Waals surface area (Å²) in [6.07, 6.45) is 0. The molecule has 0 aromatic rings. The quantitative estimate of drug-likeness (QED) is 0.519. The Bertz CT molecular complexity index is 371. The van der Waals surface area contributed by atoms with Gasteiger partial charge < -0.3 is 10.0 Å². The Kier molecular flexibility index (Phi) is 2.24. The van der Waals surface area contributed by atoms with E-state index in [2.05, 4.69) is 0 Å². The van der Waals surface area contributed by atoms with Crippen molar-refractivity contribution in [1.82, 2.24) is 4.90 Å². The molecule has 5 nitrogen and oxygen atoms in total. The van der Waals surface area contributed by atoms with Crippen molar-refractivity contribution in [1.29, 1.82) is 5.41 Å². The number of hydrogen-bond acceptors (Lipinski definition) is 4. The van der Waals surface area contributed by atoms with Crippen molar-refractivity contribution in [3.8, 4) is 0 Å². The minimum atomic E-state index is -1.11. The van der Waals surface area contributed by atoms with Crippen LogP contribution in [0.4, 0.5) is 0 Å². The van der Waals surface area contributed by atoms with Crippen molar-refractivity contribution >= 4 is 41.0 Å². The molecule has 3 atom stereocenters. The Morgan fingerprint density at radius 3 is 2.93 bits per heavy atom. The van der Waals surface area contributed by atoms with Gasteiger partial charge in [0.2, 0.25) is 0 Å². The number of alkyl halides is 1. The lowest BCUT2D eigenvalue weighted by molar-refractivity contribution is -0.151. The molecule has 0 aromatic carbocycles. The van der Waals surface area contributed by atoms with Gasteiger partial charge in [0.25, 0.3) is 5.91 Å². The number of thioether (sulfide) groups is 1. The van der Waals surface area contributed by atoms with Gasteiger partial charge in [-0.05, 0) is 6.92 Å². The predicted octanol–water partition coefficient (Wildman–Crippen LogP) is 0.372. The van der Waals surface area contributed by atoms with E-state index in [-0.39, 0.29) is 5.71 Å². The summed E-state index contributed by atoms with van der Waals surface area (Å²) in [5, 5.41) is 16.0. The van der Waals surface area contributed by atoms with Crippen molar-refractivity contribution in [3.63, 3.8) is 0 Å². The number of hydrogen-bond donors (Lipinski definition) is 2. The van der Waals surface area contributed by atoms with Gasteiger partial charge in [-0.25, -0.2) is 4.79 Å². The SMILES string of the molecule is C[C@@]1(Cl)CS[C@H]2C(=N)C(=O)N2C1C(=O)O. The normalized spacial score (nSPS) is 39.7. The zero-order chi connectivity index (χ0) is 11.4. The van der Waals surface area contributed by atoms with Crippen LogP contribution < -0.4 is 0 Å². The summed E-state index contributed by atoms with van der Waals surface area (Å²) < 4.78 is 0. The number of amides is 1. The van der Waals surface area contributed by atoms with Gasteiger partial charge in [0.15, 0.2) is 6.04 Å². The summed E-state index contributed by atoms with van der Waals surface area (Å²) in [5.74, 6) is -1.22. The van der Waals surface area contributed by atoms with Crippen LogP contribution in [0.25, 0.3) is 0 Å². The van der Waals surface area contributed by atoms with Crippen LogP contribution in [0.5, 0.6) is 0 Å². The second-order valence-corrected chi connectivity index (χ2v) is 5.74. The first-order valence-corrected chi connectivity index (χ1v) is 5.73. The van der Waals surface area contributed by atoms with E-state index in [0.717, 1.165) is 0 Å². The van der Waals surface area contributed by atoms with Crippen LogP contribution >= 0.6 is 23.4 Å². The average Bonchev–Trinajstić information content (AvgIpc) is 2.14. The second-order valence-electron chi connectivity index (χ2n) is 3.81. The van der Waals surface area contributed by atoms with Gasteiger partial charge in [-0.2, -0.15) is 0 Å². The third-order valence-electron chi connectivity index (χ3n) is 2.57. The molecular formula is C8H9ClN2O3S. The molecule has 82 valence electrons. The number of rotatable bonds is 1. The molecule has 1 amide bonds. The number of carboxylic acids is 1. The molecule has 0 spiro atoms. The molecule has 0 saturated carbocycles. The van der Waals surface area contributed by atoms with Gasteiger partial charge in [0, 0.05) is 5.75 Å². The maximum absolute atomic E-state index is 11.4. The van der Waals surface area contributed by atoms with Gasteiger partial charge in [0.1, 0.15) is 11.1 Å². The molecule has 2 heterocycles. The second kappa shape index (κ2) is 3.12.